The van der Waals surface area contributed by atoms with Gasteiger partial charge in [-0.3, -0.25) is 9.67 Å². The molecule has 0 saturated carbocycles. The zero-order valence-corrected chi connectivity index (χ0v) is 10.2. The van der Waals surface area contributed by atoms with E-state index in [1.54, 1.807) is 12.4 Å². The van der Waals surface area contributed by atoms with E-state index >= 15 is 0 Å². The van der Waals surface area contributed by atoms with Gasteiger partial charge in [0.1, 0.15) is 6.10 Å². The van der Waals surface area contributed by atoms with Gasteiger partial charge in [0.25, 0.3) is 0 Å². The molecule has 2 rings (SSSR count). The molecule has 90 valence electrons. The van der Waals surface area contributed by atoms with E-state index in [1.807, 2.05) is 36.9 Å². The molecule has 17 heavy (non-hydrogen) atoms. The Labute approximate surface area is 101 Å². The molecule has 1 atom stereocenters. The lowest BCUT2D eigenvalue weighted by molar-refractivity contribution is 0.173. The molecule has 0 radical (unpaired) electrons. The molecule has 2 aromatic rings. The molecule has 4 nitrogen and oxygen atoms in total. The molecule has 0 saturated heterocycles. The lowest BCUT2D eigenvalue weighted by atomic mass is 10.1. The number of aryl methyl sites for hydroxylation is 2. The maximum atomic E-state index is 10.0. The van der Waals surface area contributed by atoms with Crippen molar-refractivity contribution >= 4 is 0 Å². The number of hydrogen-bond donors (Lipinski definition) is 1. The summed E-state index contributed by atoms with van der Waals surface area (Å²) in [4.78, 5) is 4.22. The zero-order valence-electron chi connectivity index (χ0n) is 10.2. The highest BCUT2D eigenvalue weighted by Gasteiger charge is 2.10. The first-order valence-electron chi connectivity index (χ1n) is 5.81. The third-order valence-corrected chi connectivity index (χ3v) is 2.72. The van der Waals surface area contributed by atoms with Crippen LogP contribution in [0.3, 0.4) is 0 Å². The van der Waals surface area contributed by atoms with Crippen LogP contribution in [0.25, 0.3) is 0 Å². The number of pyridine rings is 1. The normalized spacial score (nSPS) is 12.6. The van der Waals surface area contributed by atoms with Crippen LogP contribution in [-0.2, 0) is 13.0 Å². The van der Waals surface area contributed by atoms with Gasteiger partial charge in [-0.1, -0.05) is 6.07 Å². The van der Waals surface area contributed by atoms with Gasteiger partial charge in [0, 0.05) is 25.4 Å². The first kappa shape index (κ1) is 11.8. The van der Waals surface area contributed by atoms with Gasteiger partial charge in [0.05, 0.1) is 11.9 Å². The van der Waals surface area contributed by atoms with Crippen molar-refractivity contribution in [2.45, 2.75) is 32.9 Å². The molecular formula is C13H17N3O. The summed E-state index contributed by atoms with van der Waals surface area (Å²) in [5.41, 5.74) is 2.83. The Morgan fingerprint density at radius 2 is 2.18 bits per heavy atom. The second-order valence-corrected chi connectivity index (χ2v) is 4.18. The van der Waals surface area contributed by atoms with Crippen LogP contribution >= 0.6 is 0 Å². The summed E-state index contributed by atoms with van der Waals surface area (Å²) < 4.78 is 1.85. The minimum Gasteiger partial charge on any atom is -0.386 e. The Morgan fingerprint density at radius 3 is 2.76 bits per heavy atom. The number of hydrogen-bond acceptors (Lipinski definition) is 3. The van der Waals surface area contributed by atoms with E-state index in [-0.39, 0.29) is 0 Å². The third kappa shape index (κ3) is 2.91. The SMILES string of the molecule is CCn1cc(CC(O)c2ccc(C)cn2)cn1. The van der Waals surface area contributed by atoms with Crippen molar-refractivity contribution in [1.29, 1.82) is 0 Å². The topological polar surface area (TPSA) is 50.9 Å². The van der Waals surface area contributed by atoms with Gasteiger partial charge in [-0.15, -0.1) is 0 Å². The van der Waals surface area contributed by atoms with Crippen molar-refractivity contribution in [3.8, 4) is 0 Å². The van der Waals surface area contributed by atoms with Crippen LogP contribution in [0.1, 0.15) is 29.8 Å². The van der Waals surface area contributed by atoms with E-state index in [4.69, 9.17) is 0 Å². The molecule has 1 N–H and O–H groups in total. The fourth-order valence-corrected chi connectivity index (χ4v) is 1.69. The minimum atomic E-state index is -0.565. The van der Waals surface area contributed by atoms with Gasteiger partial charge in [-0.05, 0) is 31.0 Å². The van der Waals surface area contributed by atoms with E-state index in [1.165, 1.54) is 0 Å². The van der Waals surface area contributed by atoms with E-state index in [9.17, 15) is 5.11 Å². The molecule has 0 fully saturated rings. The fraction of sp³-hybridized carbons (Fsp3) is 0.385. The van der Waals surface area contributed by atoms with E-state index in [2.05, 4.69) is 10.1 Å². The van der Waals surface area contributed by atoms with Gasteiger partial charge in [0.15, 0.2) is 0 Å². The molecule has 0 aromatic carbocycles. The molecule has 0 aliphatic carbocycles. The highest BCUT2D eigenvalue weighted by molar-refractivity contribution is 5.16. The molecule has 4 heteroatoms. The second kappa shape index (κ2) is 5.10. The molecule has 0 spiro atoms. The standard InChI is InChI=1S/C13H17N3O/c1-3-16-9-11(8-15-16)6-13(17)12-5-4-10(2)7-14-12/h4-5,7-9,13,17H,3,6H2,1-2H3. The van der Waals surface area contributed by atoms with Gasteiger partial charge >= 0.3 is 0 Å². The van der Waals surface area contributed by atoms with Crippen molar-refractivity contribution < 1.29 is 5.11 Å². The summed E-state index contributed by atoms with van der Waals surface area (Å²) >= 11 is 0. The minimum absolute atomic E-state index is 0.552. The molecular weight excluding hydrogens is 214 g/mol. The molecule has 2 aromatic heterocycles. The summed E-state index contributed by atoms with van der Waals surface area (Å²) in [5.74, 6) is 0. The van der Waals surface area contributed by atoms with Crippen molar-refractivity contribution in [1.82, 2.24) is 14.8 Å². The fourth-order valence-electron chi connectivity index (χ4n) is 1.69. The monoisotopic (exact) mass is 231 g/mol. The Hall–Kier alpha value is -1.68. The Morgan fingerprint density at radius 1 is 1.35 bits per heavy atom. The van der Waals surface area contributed by atoms with Gasteiger partial charge in [-0.25, -0.2) is 0 Å². The first-order valence-corrected chi connectivity index (χ1v) is 5.81. The molecule has 2 heterocycles. The number of nitrogens with zero attached hydrogens (tertiary/aromatic N) is 3. The average Bonchev–Trinajstić information content (AvgIpc) is 2.77. The van der Waals surface area contributed by atoms with Crippen LogP contribution < -0.4 is 0 Å². The molecule has 0 aliphatic heterocycles. The lowest BCUT2D eigenvalue weighted by Crippen LogP contribution is -2.03. The summed E-state index contributed by atoms with van der Waals surface area (Å²) in [5, 5.41) is 14.2. The van der Waals surface area contributed by atoms with Crippen LogP contribution in [0.15, 0.2) is 30.7 Å². The Kier molecular flexibility index (Phi) is 3.54. The van der Waals surface area contributed by atoms with Crippen molar-refractivity contribution in [2.24, 2.45) is 0 Å². The second-order valence-electron chi connectivity index (χ2n) is 4.18. The highest BCUT2D eigenvalue weighted by Crippen LogP contribution is 2.16. The molecule has 0 aliphatic rings. The third-order valence-electron chi connectivity index (χ3n) is 2.72. The van der Waals surface area contributed by atoms with Crippen LogP contribution in [-0.4, -0.2) is 19.9 Å². The van der Waals surface area contributed by atoms with Gasteiger partial charge in [0.2, 0.25) is 0 Å². The average molecular weight is 231 g/mol. The Balaban J connectivity index is 2.05. The number of rotatable bonds is 4. The summed E-state index contributed by atoms with van der Waals surface area (Å²) in [6, 6.07) is 3.82. The largest absolute Gasteiger partial charge is 0.386 e. The first-order chi connectivity index (χ1) is 8.19. The highest BCUT2D eigenvalue weighted by atomic mass is 16.3. The van der Waals surface area contributed by atoms with Gasteiger partial charge in [-0.2, -0.15) is 5.10 Å². The zero-order chi connectivity index (χ0) is 12.3. The van der Waals surface area contributed by atoms with Crippen molar-refractivity contribution in [3.05, 3.63) is 47.5 Å². The van der Waals surface area contributed by atoms with Crippen LogP contribution in [0.5, 0.6) is 0 Å². The predicted octanol–water partition coefficient (Wildman–Crippen LogP) is 1.88. The molecule has 0 bridgehead atoms. The predicted molar refractivity (Wildman–Crippen MR) is 65.5 cm³/mol. The van der Waals surface area contributed by atoms with Gasteiger partial charge < -0.3 is 5.11 Å². The van der Waals surface area contributed by atoms with Crippen LogP contribution in [0.4, 0.5) is 0 Å². The lowest BCUT2D eigenvalue weighted by Gasteiger charge is -2.08. The van der Waals surface area contributed by atoms with Crippen LogP contribution in [0.2, 0.25) is 0 Å². The quantitative estimate of drug-likeness (QED) is 0.874. The maximum absolute atomic E-state index is 10.0. The van der Waals surface area contributed by atoms with E-state index < -0.39 is 6.10 Å². The molecule has 0 amide bonds. The number of aliphatic hydroxyl groups excluding tert-OH is 1. The molecule has 1 unspecified atom stereocenters. The smallest absolute Gasteiger partial charge is 0.100 e. The van der Waals surface area contributed by atoms with Crippen molar-refractivity contribution in [2.75, 3.05) is 0 Å². The summed E-state index contributed by atoms with van der Waals surface area (Å²) in [6.07, 6.45) is 5.51. The van der Waals surface area contributed by atoms with Crippen LogP contribution in [0, 0.1) is 6.92 Å². The van der Waals surface area contributed by atoms with Crippen molar-refractivity contribution in [3.63, 3.8) is 0 Å². The summed E-state index contributed by atoms with van der Waals surface area (Å²) in [6.45, 7) is 4.86. The maximum Gasteiger partial charge on any atom is 0.100 e. The number of aliphatic hydroxyl groups is 1. The van der Waals surface area contributed by atoms with E-state index in [0.717, 1.165) is 17.7 Å². The Bertz CT molecular complexity index is 476. The number of aromatic nitrogens is 3. The van der Waals surface area contributed by atoms with E-state index in [0.29, 0.717) is 12.1 Å². The summed E-state index contributed by atoms with van der Waals surface area (Å²) in [7, 11) is 0.